The van der Waals surface area contributed by atoms with Crippen LogP contribution in [0, 0.1) is 11.8 Å². The third kappa shape index (κ3) is 3.88. The van der Waals surface area contributed by atoms with E-state index in [9.17, 15) is 12.8 Å². The molecule has 0 atom stereocenters. The van der Waals surface area contributed by atoms with Gasteiger partial charge in [0.25, 0.3) is 0 Å². The molecule has 6 nitrogen and oxygen atoms in total. The van der Waals surface area contributed by atoms with Crippen LogP contribution in [0.15, 0.2) is 53.6 Å². The molecule has 0 radical (unpaired) electrons. The van der Waals surface area contributed by atoms with E-state index < -0.39 is 16.7 Å². The minimum Gasteiger partial charge on any atom is -0.347 e. The molecule has 2 N–H and O–H groups in total. The molecule has 148 valence electrons. The number of benzene rings is 2. The fourth-order valence-corrected chi connectivity index (χ4v) is 4.02. The normalized spacial score (nSPS) is 13.1. The van der Waals surface area contributed by atoms with Gasteiger partial charge in [-0.2, -0.15) is 5.10 Å². The van der Waals surface area contributed by atoms with Gasteiger partial charge in [0.1, 0.15) is 12.5 Å². The fourth-order valence-electron chi connectivity index (χ4n) is 3.47. The SMILES string of the molecule is Cn1ncc(C#Cc2cccc(S(N)(=O)=O)c2)c1N1Cc2ccc(CF)cc2C1. The second-order valence-corrected chi connectivity index (χ2v) is 8.48. The number of aromatic nitrogens is 2. The highest BCUT2D eigenvalue weighted by Gasteiger charge is 2.24. The van der Waals surface area contributed by atoms with Crippen molar-refractivity contribution >= 4 is 15.8 Å². The van der Waals surface area contributed by atoms with Gasteiger partial charge >= 0.3 is 0 Å². The Balaban J connectivity index is 1.64. The van der Waals surface area contributed by atoms with E-state index >= 15 is 0 Å². The summed E-state index contributed by atoms with van der Waals surface area (Å²) in [5.41, 5.74) is 4.20. The number of primary sulfonamides is 1. The van der Waals surface area contributed by atoms with Crippen LogP contribution in [0.3, 0.4) is 0 Å². The van der Waals surface area contributed by atoms with Crippen LogP contribution in [0.1, 0.15) is 27.8 Å². The van der Waals surface area contributed by atoms with Gasteiger partial charge in [0.2, 0.25) is 10.0 Å². The first-order chi connectivity index (χ1) is 13.8. The van der Waals surface area contributed by atoms with Gasteiger partial charge in [0.05, 0.1) is 16.7 Å². The van der Waals surface area contributed by atoms with Crippen LogP contribution < -0.4 is 10.0 Å². The van der Waals surface area contributed by atoms with E-state index in [2.05, 4.69) is 21.8 Å². The van der Waals surface area contributed by atoms with Gasteiger partial charge < -0.3 is 4.90 Å². The third-order valence-corrected chi connectivity index (χ3v) is 5.77. The van der Waals surface area contributed by atoms with Crippen molar-refractivity contribution in [1.29, 1.82) is 0 Å². The smallest absolute Gasteiger partial charge is 0.238 e. The Labute approximate surface area is 168 Å². The van der Waals surface area contributed by atoms with Crippen molar-refractivity contribution in [3.8, 4) is 11.8 Å². The Kier molecular flexibility index (Phi) is 4.86. The number of hydrogen-bond donors (Lipinski definition) is 1. The highest BCUT2D eigenvalue weighted by Crippen LogP contribution is 2.30. The number of sulfonamides is 1. The predicted octanol–water partition coefficient (Wildman–Crippen LogP) is 2.46. The van der Waals surface area contributed by atoms with Gasteiger partial charge in [-0.05, 0) is 34.9 Å². The van der Waals surface area contributed by atoms with Crippen LogP contribution in [0.5, 0.6) is 0 Å². The van der Waals surface area contributed by atoms with Gasteiger partial charge in [0, 0.05) is 25.7 Å². The maximum absolute atomic E-state index is 13.0. The van der Waals surface area contributed by atoms with E-state index in [0.717, 1.165) is 22.5 Å². The first kappa shape index (κ1) is 19.2. The molecule has 0 saturated heterocycles. The van der Waals surface area contributed by atoms with Crippen molar-refractivity contribution in [2.75, 3.05) is 4.90 Å². The van der Waals surface area contributed by atoms with Crippen LogP contribution in [0.4, 0.5) is 10.2 Å². The molecular weight excluding hydrogens is 391 g/mol. The molecule has 0 amide bonds. The molecule has 1 aliphatic heterocycles. The topological polar surface area (TPSA) is 81.2 Å². The van der Waals surface area contributed by atoms with Gasteiger partial charge in [-0.25, -0.2) is 17.9 Å². The Morgan fingerprint density at radius 2 is 1.93 bits per heavy atom. The lowest BCUT2D eigenvalue weighted by Gasteiger charge is -2.18. The molecule has 1 aliphatic rings. The van der Waals surface area contributed by atoms with E-state index in [-0.39, 0.29) is 4.90 Å². The lowest BCUT2D eigenvalue weighted by Crippen LogP contribution is -2.19. The largest absolute Gasteiger partial charge is 0.347 e. The molecule has 2 aromatic carbocycles. The van der Waals surface area contributed by atoms with Crippen molar-refractivity contribution in [3.63, 3.8) is 0 Å². The average Bonchev–Trinajstić information content (AvgIpc) is 3.27. The maximum atomic E-state index is 13.0. The highest BCUT2D eigenvalue weighted by atomic mass is 32.2. The monoisotopic (exact) mass is 410 g/mol. The Bertz CT molecular complexity index is 1260. The molecule has 0 fully saturated rings. The van der Waals surface area contributed by atoms with E-state index in [1.165, 1.54) is 12.1 Å². The van der Waals surface area contributed by atoms with Gasteiger partial charge in [-0.3, -0.25) is 4.68 Å². The first-order valence-corrected chi connectivity index (χ1v) is 10.5. The van der Waals surface area contributed by atoms with Crippen molar-refractivity contribution < 1.29 is 12.8 Å². The average molecular weight is 410 g/mol. The zero-order valence-corrected chi connectivity index (χ0v) is 16.6. The summed E-state index contributed by atoms with van der Waals surface area (Å²) in [6.07, 6.45) is 1.68. The second kappa shape index (κ2) is 7.35. The number of fused-ring (bicyclic) bond motifs is 1. The van der Waals surface area contributed by atoms with E-state index in [1.54, 1.807) is 23.0 Å². The zero-order valence-electron chi connectivity index (χ0n) is 15.8. The van der Waals surface area contributed by atoms with Crippen molar-refractivity contribution in [3.05, 3.63) is 76.5 Å². The number of nitrogens with zero attached hydrogens (tertiary/aromatic N) is 3. The minimum atomic E-state index is -3.78. The number of nitrogens with two attached hydrogens (primary N) is 1. The van der Waals surface area contributed by atoms with Crippen LogP contribution in [0.2, 0.25) is 0 Å². The van der Waals surface area contributed by atoms with Gasteiger partial charge in [0.15, 0.2) is 0 Å². The third-order valence-electron chi connectivity index (χ3n) is 4.86. The summed E-state index contributed by atoms with van der Waals surface area (Å²) in [4.78, 5) is 2.17. The first-order valence-electron chi connectivity index (χ1n) is 8.93. The van der Waals surface area contributed by atoms with Gasteiger partial charge in [-0.1, -0.05) is 36.1 Å². The number of rotatable bonds is 3. The van der Waals surface area contributed by atoms with Crippen LogP contribution in [0.25, 0.3) is 0 Å². The summed E-state index contributed by atoms with van der Waals surface area (Å²) < 4.78 is 37.8. The number of halogens is 1. The second-order valence-electron chi connectivity index (χ2n) is 6.92. The van der Waals surface area contributed by atoms with E-state index in [4.69, 9.17) is 5.14 Å². The molecular formula is C21H19FN4O2S. The molecule has 0 saturated carbocycles. The van der Waals surface area contributed by atoms with Crippen molar-refractivity contribution in [2.24, 2.45) is 12.2 Å². The fraction of sp³-hybridized carbons (Fsp3) is 0.190. The summed E-state index contributed by atoms with van der Waals surface area (Å²) in [5, 5.41) is 9.51. The quantitative estimate of drug-likeness (QED) is 0.673. The Morgan fingerprint density at radius 1 is 1.14 bits per heavy atom. The lowest BCUT2D eigenvalue weighted by atomic mass is 10.1. The molecule has 0 spiro atoms. The van der Waals surface area contributed by atoms with Crippen molar-refractivity contribution in [2.45, 2.75) is 24.7 Å². The number of aryl methyl sites for hydroxylation is 1. The summed E-state index contributed by atoms with van der Waals surface area (Å²) in [5.74, 6) is 6.93. The number of anilines is 1. The molecule has 0 aliphatic carbocycles. The number of alkyl halides is 1. The molecule has 8 heteroatoms. The summed E-state index contributed by atoms with van der Waals surface area (Å²) in [6.45, 7) is 0.864. The highest BCUT2D eigenvalue weighted by molar-refractivity contribution is 7.89. The zero-order chi connectivity index (χ0) is 20.6. The van der Waals surface area contributed by atoms with Crippen LogP contribution in [-0.2, 0) is 36.8 Å². The summed E-state index contributed by atoms with van der Waals surface area (Å²) in [7, 11) is -1.94. The van der Waals surface area contributed by atoms with E-state index in [0.29, 0.717) is 24.2 Å². The summed E-state index contributed by atoms with van der Waals surface area (Å²) >= 11 is 0. The summed E-state index contributed by atoms with van der Waals surface area (Å²) in [6, 6.07) is 11.9. The Morgan fingerprint density at radius 3 is 2.69 bits per heavy atom. The minimum absolute atomic E-state index is 0.0226. The molecule has 2 heterocycles. The molecule has 29 heavy (non-hydrogen) atoms. The lowest BCUT2D eigenvalue weighted by molar-refractivity contribution is 0.485. The molecule has 3 aromatic rings. The molecule has 1 aromatic heterocycles. The van der Waals surface area contributed by atoms with Gasteiger partial charge in [-0.15, -0.1) is 0 Å². The molecule has 4 rings (SSSR count). The molecule has 0 bridgehead atoms. The maximum Gasteiger partial charge on any atom is 0.238 e. The van der Waals surface area contributed by atoms with Crippen molar-refractivity contribution in [1.82, 2.24) is 9.78 Å². The Hall–Kier alpha value is -3.15. The van der Waals surface area contributed by atoms with Crippen LogP contribution in [-0.4, -0.2) is 18.2 Å². The predicted molar refractivity (Wildman–Crippen MR) is 108 cm³/mol. The standard InChI is InChI=1S/C21H19FN4O2S/c1-25-21(26-13-18-8-6-16(11-22)9-19(18)14-26)17(12-24-25)7-5-15-3-2-4-20(10-15)29(23,27)28/h2-4,6,8-10,12H,11,13-14H2,1H3,(H2,23,27,28). The van der Waals surface area contributed by atoms with E-state index in [1.807, 2.05) is 25.2 Å². The van der Waals surface area contributed by atoms with Crippen LogP contribution >= 0.6 is 0 Å². The molecule has 0 unspecified atom stereocenters. The number of hydrogen-bond acceptors (Lipinski definition) is 4.